The molecule has 2 heterocycles. The van der Waals surface area contributed by atoms with Crippen LogP contribution in [0.2, 0.25) is 0 Å². The zero-order valence-corrected chi connectivity index (χ0v) is 17.7. The Bertz CT molecular complexity index is 1030. The van der Waals surface area contributed by atoms with Crippen LogP contribution >= 0.6 is 15.9 Å². The lowest BCUT2D eigenvalue weighted by atomic mass is 9.96. The van der Waals surface area contributed by atoms with Gasteiger partial charge in [0.25, 0.3) is 0 Å². The molecule has 0 aliphatic heterocycles. The summed E-state index contributed by atoms with van der Waals surface area (Å²) in [4.78, 5) is 17.2. The summed E-state index contributed by atoms with van der Waals surface area (Å²) in [5.74, 6) is -0.582. The average molecular weight is 486 g/mol. The van der Waals surface area contributed by atoms with Crippen molar-refractivity contribution < 1.29 is 27.5 Å². The molecule has 3 aromatic rings. The maximum absolute atomic E-state index is 13.6. The van der Waals surface area contributed by atoms with E-state index in [9.17, 15) is 23.1 Å². The summed E-state index contributed by atoms with van der Waals surface area (Å²) in [6.45, 7) is -0.0517. The molecular formula is C20H19BrF3N3O3. The highest BCUT2D eigenvalue weighted by atomic mass is 79.9. The molecule has 0 fully saturated rings. The van der Waals surface area contributed by atoms with Crippen molar-refractivity contribution in [2.24, 2.45) is 7.05 Å². The summed E-state index contributed by atoms with van der Waals surface area (Å²) in [7, 11) is 2.67. The fraction of sp³-hybridized carbons (Fsp3) is 0.300. The molecule has 0 saturated heterocycles. The van der Waals surface area contributed by atoms with Crippen LogP contribution in [0, 0.1) is 0 Å². The molecule has 0 spiro atoms. The first-order chi connectivity index (χ1) is 14.0. The Morgan fingerprint density at radius 1 is 1.23 bits per heavy atom. The molecule has 6 nitrogen and oxygen atoms in total. The van der Waals surface area contributed by atoms with Gasteiger partial charge >= 0.3 is 6.18 Å². The Hall–Kier alpha value is -2.59. The molecule has 1 atom stereocenters. The van der Waals surface area contributed by atoms with Crippen molar-refractivity contribution in [2.45, 2.75) is 24.7 Å². The molecule has 0 radical (unpaired) electrons. The van der Waals surface area contributed by atoms with Gasteiger partial charge in [-0.05, 0) is 24.3 Å². The van der Waals surface area contributed by atoms with Crippen molar-refractivity contribution >= 4 is 21.8 Å². The fourth-order valence-corrected chi connectivity index (χ4v) is 3.24. The van der Waals surface area contributed by atoms with E-state index in [1.54, 1.807) is 12.1 Å². The van der Waals surface area contributed by atoms with Crippen molar-refractivity contribution in [1.82, 2.24) is 14.5 Å². The average Bonchev–Trinajstić information content (AvgIpc) is 3.30. The smallest absolute Gasteiger partial charge is 0.425 e. The van der Waals surface area contributed by atoms with Gasteiger partial charge in [-0.15, -0.1) is 0 Å². The Labute approximate surface area is 179 Å². The summed E-state index contributed by atoms with van der Waals surface area (Å²) in [6, 6.07) is 10.8. The third-order valence-electron chi connectivity index (χ3n) is 4.68. The van der Waals surface area contributed by atoms with E-state index < -0.39 is 29.9 Å². The second-order valence-corrected chi connectivity index (χ2v) is 7.83. The quantitative estimate of drug-likeness (QED) is 0.566. The molecule has 2 aromatic heterocycles. The van der Waals surface area contributed by atoms with Gasteiger partial charge in [-0.25, -0.2) is 4.98 Å². The molecule has 160 valence electrons. The van der Waals surface area contributed by atoms with E-state index in [4.69, 9.17) is 4.42 Å². The fourth-order valence-electron chi connectivity index (χ4n) is 2.98. The van der Waals surface area contributed by atoms with Gasteiger partial charge in [0.05, 0.1) is 13.0 Å². The highest BCUT2D eigenvalue weighted by Crippen LogP contribution is 2.41. The number of hydrogen-bond acceptors (Lipinski definition) is 4. The standard InChI is InChI=1S/C20H19BrF3N3O3/c1-26-10-9-25-18(26)19(29,20(22,23)24)11-17(28)27(2)12-15-7-8-16(30-15)13-3-5-14(21)6-4-13/h3-10,29H,11-12H2,1-2H3/t19-/m0/s1. The lowest BCUT2D eigenvalue weighted by Gasteiger charge is -2.30. The van der Waals surface area contributed by atoms with Crippen LogP contribution in [0.3, 0.4) is 0 Å². The topological polar surface area (TPSA) is 71.5 Å². The molecule has 3 rings (SSSR count). The van der Waals surface area contributed by atoms with Gasteiger partial charge < -0.3 is 19.0 Å². The number of carbonyl (C=O) groups is 1. The van der Waals surface area contributed by atoms with E-state index in [2.05, 4.69) is 20.9 Å². The Kier molecular flexibility index (Phi) is 6.09. The van der Waals surface area contributed by atoms with Gasteiger partial charge in [-0.2, -0.15) is 13.2 Å². The van der Waals surface area contributed by atoms with Gasteiger partial charge in [-0.1, -0.05) is 28.1 Å². The first-order valence-electron chi connectivity index (χ1n) is 8.87. The molecular weight excluding hydrogens is 467 g/mol. The third-order valence-corrected chi connectivity index (χ3v) is 5.20. The Balaban J connectivity index is 1.74. The largest absolute Gasteiger partial charge is 0.459 e. The zero-order valence-electron chi connectivity index (χ0n) is 16.2. The van der Waals surface area contributed by atoms with Crippen molar-refractivity contribution in [3.05, 3.63) is 64.8 Å². The number of benzene rings is 1. The zero-order chi connectivity index (χ0) is 22.1. The van der Waals surface area contributed by atoms with Crippen LogP contribution in [0.25, 0.3) is 11.3 Å². The monoisotopic (exact) mass is 485 g/mol. The summed E-state index contributed by atoms with van der Waals surface area (Å²) in [5, 5.41) is 10.4. The molecule has 0 saturated carbocycles. The highest BCUT2D eigenvalue weighted by Gasteiger charge is 2.58. The number of rotatable bonds is 6. The first-order valence-corrected chi connectivity index (χ1v) is 9.66. The maximum atomic E-state index is 13.6. The van der Waals surface area contributed by atoms with Crippen LogP contribution in [-0.4, -0.2) is 38.7 Å². The molecule has 30 heavy (non-hydrogen) atoms. The van der Waals surface area contributed by atoms with Crippen LogP contribution in [0.4, 0.5) is 13.2 Å². The normalized spacial score (nSPS) is 13.8. The van der Waals surface area contributed by atoms with E-state index in [0.29, 0.717) is 11.5 Å². The second kappa shape index (κ2) is 8.27. The maximum Gasteiger partial charge on any atom is 0.425 e. The minimum Gasteiger partial charge on any atom is -0.459 e. The van der Waals surface area contributed by atoms with E-state index >= 15 is 0 Å². The van der Waals surface area contributed by atoms with E-state index in [-0.39, 0.29) is 6.54 Å². The van der Waals surface area contributed by atoms with Gasteiger partial charge in [-0.3, -0.25) is 4.79 Å². The number of aryl methyl sites for hydroxylation is 1. The Morgan fingerprint density at radius 2 is 1.90 bits per heavy atom. The van der Waals surface area contributed by atoms with E-state index in [1.165, 1.54) is 20.3 Å². The predicted octanol–water partition coefficient (Wildman–Crippen LogP) is 4.24. The summed E-state index contributed by atoms with van der Waals surface area (Å²) in [6.07, 6.45) is -3.88. The Morgan fingerprint density at radius 3 is 2.47 bits per heavy atom. The first kappa shape index (κ1) is 22.1. The van der Waals surface area contributed by atoms with Crippen LogP contribution < -0.4 is 0 Å². The number of aliphatic hydroxyl groups is 1. The van der Waals surface area contributed by atoms with Crippen molar-refractivity contribution in [2.75, 3.05) is 7.05 Å². The summed E-state index contributed by atoms with van der Waals surface area (Å²) < 4.78 is 48.5. The molecule has 0 aliphatic carbocycles. The summed E-state index contributed by atoms with van der Waals surface area (Å²) in [5.41, 5.74) is -2.58. The number of furan rings is 1. The molecule has 1 amide bonds. The lowest BCUT2D eigenvalue weighted by molar-refractivity contribution is -0.271. The number of carbonyl (C=O) groups excluding carboxylic acids is 1. The van der Waals surface area contributed by atoms with Crippen LogP contribution in [0.1, 0.15) is 18.0 Å². The minimum atomic E-state index is -5.08. The van der Waals surface area contributed by atoms with Crippen LogP contribution in [0.5, 0.6) is 0 Å². The van der Waals surface area contributed by atoms with Crippen molar-refractivity contribution in [1.29, 1.82) is 0 Å². The lowest BCUT2D eigenvalue weighted by Crippen LogP contribution is -2.48. The molecule has 0 unspecified atom stereocenters. The second-order valence-electron chi connectivity index (χ2n) is 6.92. The molecule has 10 heteroatoms. The number of nitrogens with zero attached hydrogens (tertiary/aromatic N) is 3. The number of imidazole rings is 1. The molecule has 0 aliphatic rings. The van der Waals surface area contributed by atoms with Crippen LogP contribution in [0.15, 0.2) is 57.7 Å². The van der Waals surface area contributed by atoms with Crippen molar-refractivity contribution in [3.8, 4) is 11.3 Å². The number of amides is 1. The molecule has 1 N–H and O–H groups in total. The number of hydrogen-bond donors (Lipinski definition) is 1. The van der Waals surface area contributed by atoms with Gasteiger partial charge in [0.1, 0.15) is 11.5 Å². The predicted molar refractivity (Wildman–Crippen MR) is 106 cm³/mol. The van der Waals surface area contributed by atoms with Gasteiger partial charge in [0, 0.05) is 36.5 Å². The third kappa shape index (κ3) is 4.44. The number of alkyl halides is 3. The van der Waals surface area contributed by atoms with Gasteiger partial charge in [0.2, 0.25) is 11.5 Å². The van der Waals surface area contributed by atoms with Crippen molar-refractivity contribution in [3.63, 3.8) is 0 Å². The minimum absolute atomic E-state index is 0.0517. The van der Waals surface area contributed by atoms with E-state index in [0.717, 1.165) is 25.7 Å². The molecule has 0 bridgehead atoms. The van der Waals surface area contributed by atoms with E-state index in [1.807, 2.05) is 24.3 Å². The van der Waals surface area contributed by atoms with Crippen LogP contribution in [-0.2, 0) is 24.0 Å². The SMILES string of the molecule is CN(Cc1ccc(-c2ccc(Br)cc2)o1)C(=O)C[C@](O)(c1nccn1C)C(F)(F)F. The number of halogens is 4. The van der Waals surface area contributed by atoms with Gasteiger partial charge in [0.15, 0.2) is 5.82 Å². The highest BCUT2D eigenvalue weighted by molar-refractivity contribution is 9.10. The number of aromatic nitrogens is 2. The summed E-state index contributed by atoms with van der Waals surface area (Å²) >= 11 is 3.35. The molecule has 1 aromatic carbocycles.